The number of benzene rings is 1. The lowest BCUT2D eigenvalue weighted by atomic mass is 10.1. The maximum absolute atomic E-state index is 13.8. The first kappa shape index (κ1) is 24.1. The number of hydrogen-bond donors (Lipinski definition) is 5. The minimum absolute atomic E-state index is 0.00211. The van der Waals surface area contributed by atoms with Crippen molar-refractivity contribution in [3.05, 3.63) is 29.6 Å². The van der Waals surface area contributed by atoms with Crippen LogP contribution in [0.25, 0.3) is 0 Å². The van der Waals surface area contributed by atoms with Crippen molar-refractivity contribution in [2.45, 2.75) is 31.7 Å². The molecule has 0 aliphatic carbocycles. The molecule has 1 aromatic rings. The molecule has 4 amide bonds. The van der Waals surface area contributed by atoms with Gasteiger partial charge in [-0.25, -0.2) is 4.39 Å². The number of hydrogen-bond acceptors (Lipinski definition) is 6. The quantitative estimate of drug-likeness (QED) is 0.417. The molecule has 0 saturated heterocycles. The molecular formula is C20H28FN5O5. The SMILES string of the molecule is NC(=O)CC[C@@H]1NC(=O)c2cc(F)ccc2OCCNC(=O)CCCNCCNC1=O. The van der Waals surface area contributed by atoms with Gasteiger partial charge in [-0.3, -0.25) is 19.2 Å². The van der Waals surface area contributed by atoms with Crippen molar-refractivity contribution in [1.82, 2.24) is 21.3 Å². The van der Waals surface area contributed by atoms with Gasteiger partial charge in [0.1, 0.15) is 24.2 Å². The molecule has 1 aliphatic rings. The fourth-order valence-electron chi connectivity index (χ4n) is 2.93. The first-order chi connectivity index (χ1) is 14.9. The van der Waals surface area contributed by atoms with Crippen molar-refractivity contribution in [1.29, 1.82) is 0 Å². The normalized spacial score (nSPS) is 19.5. The van der Waals surface area contributed by atoms with Gasteiger partial charge in [-0.05, 0) is 37.6 Å². The summed E-state index contributed by atoms with van der Waals surface area (Å²) >= 11 is 0. The van der Waals surface area contributed by atoms with Crippen molar-refractivity contribution in [3.8, 4) is 5.75 Å². The second-order valence-electron chi connectivity index (χ2n) is 7.01. The van der Waals surface area contributed by atoms with Gasteiger partial charge in [-0.15, -0.1) is 0 Å². The predicted molar refractivity (Wildman–Crippen MR) is 110 cm³/mol. The van der Waals surface area contributed by atoms with Gasteiger partial charge >= 0.3 is 0 Å². The number of carbonyl (C=O) groups is 4. The number of fused-ring (bicyclic) bond motifs is 1. The van der Waals surface area contributed by atoms with Gasteiger partial charge in [-0.1, -0.05) is 0 Å². The molecule has 0 bridgehead atoms. The summed E-state index contributed by atoms with van der Waals surface area (Å²) in [6.45, 7) is 1.63. The van der Waals surface area contributed by atoms with Gasteiger partial charge in [0.25, 0.3) is 5.91 Å². The monoisotopic (exact) mass is 437 g/mol. The lowest BCUT2D eigenvalue weighted by Crippen LogP contribution is -2.48. The zero-order chi connectivity index (χ0) is 22.6. The highest BCUT2D eigenvalue weighted by atomic mass is 19.1. The Morgan fingerprint density at radius 1 is 1.13 bits per heavy atom. The second kappa shape index (κ2) is 12.5. The molecule has 2 rings (SSSR count). The highest BCUT2D eigenvalue weighted by Gasteiger charge is 2.24. The molecule has 0 saturated carbocycles. The molecule has 1 atom stereocenters. The highest BCUT2D eigenvalue weighted by molar-refractivity contribution is 5.99. The molecule has 1 heterocycles. The van der Waals surface area contributed by atoms with Crippen LogP contribution in [0.15, 0.2) is 18.2 Å². The fourth-order valence-corrected chi connectivity index (χ4v) is 2.93. The lowest BCUT2D eigenvalue weighted by molar-refractivity contribution is -0.123. The summed E-state index contributed by atoms with van der Waals surface area (Å²) in [4.78, 5) is 48.3. The Morgan fingerprint density at radius 2 is 1.94 bits per heavy atom. The van der Waals surface area contributed by atoms with Crippen molar-refractivity contribution in [2.24, 2.45) is 5.73 Å². The third-order valence-electron chi connectivity index (χ3n) is 4.53. The van der Waals surface area contributed by atoms with E-state index in [1.165, 1.54) is 6.07 Å². The summed E-state index contributed by atoms with van der Waals surface area (Å²) in [6.07, 6.45) is 0.847. The Labute approximate surface area is 179 Å². The fraction of sp³-hybridized carbons (Fsp3) is 0.500. The predicted octanol–water partition coefficient (Wildman–Crippen LogP) is -0.816. The standard InChI is InChI=1S/C20H28FN5O5/c21-13-3-5-16-14(12-13)19(29)26-15(4-6-17(22)27)20(30)25-9-8-23-7-1-2-18(28)24-10-11-31-16/h3,5,12,15,23H,1-2,4,6-11H2,(H2,22,27)(H,24,28)(H,25,30)(H,26,29)/t15-/m0/s1. The molecule has 1 aromatic carbocycles. The van der Waals surface area contributed by atoms with Crippen LogP contribution in [-0.2, 0) is 14.4 Å². The third kappa shape index (κ3) is 8.59. The molecule has 0 radical (unpaired) electrons. The average Bonchev–Trinajstić information content (AvgIpc) is 2.73. The van der Waals surface area contributed by atoms with Gasteiger partial charge in [0.2, 0.25) is 17.7 Å². The van der Waals surface area contributed by atoms with E-state index in [0.29, 0.717) is 25.9 Å². The summed E-state index contributed by atoms with van der Waals surface area (Å²) in [5.74, 6) is -2.52. The van der Waals surface area contributed by atoms with Gasteiger partial charge < -0.3 is 31.7 Å². The van der Waals surface area contributed by atoms with E-state index < -0.39 is 29.6 Å². The van der Waals surface area contributed by atoms with Crippen molar-refractivity contribution in [2.75, 3.05) is 32.8 Å². The Kier molecular flexibility index (Phi) is 9.69. The van der Waals surface area contributed by atoms with Crippen LogP contribution >= 0.6 is 0 Å². The van der Waals surface area contributed by atoms with Crippen LogP contribution in [0.1, 0.15) is 36.0 Å². The van der Waals surface area contributed by atoms with E-state index in [-0.39, 0.29) is 49.8 Å². The van der Waals surface area contributed by atoms with Crippen LogP contribution in [0.4, 0.5) is 4.39 Å². The van der Waals surface area contributed by atoms with Crippen LogP contribution in [0.5, 0.6) is 5.75 Å². The molecular weight excluding hydrogens is 409 g/mol. The summed E-state index contributed by atoms with van der Waals surface area (Å²) in [6, 6.07) is 2.40. The maximum atomic E-state index is 13.8. The first-order valence-corrected chi connectivity index (χ1v) is 10.1. The Balaban J connectivity index is 2.19. The zero-order valence-electron chi connectivity index (χ0n) is 17.2. The number of ether oxygens (including phenoxy) is 1. The largest absolute Gasteiger partial charge is 0.491 e. The number of rotatable bonds is 3. The Hall–Kier alpha value is -3.21. The molecule has 170 valence electrons. The molecule has 0 fully saturated rings. The average molecular weight is 437 g/mol. The Morgan fingerprint density at radius 3 is 2.71 bits per heavy atom. The molecule has 1 aliphatic heterocycles. The van der Waals surface area contributed by atoms with Gasteiger partial charge in [-0.2, -0.15) is 0 Å². The molecule has 10 nitrogen and oxygen atoms in total. The Bertz CT molecular complexity index is 804. The molecule has 11 heteroatoms. The number of nitrogens with two attached hydrogens (primary N) is 1. The topological polar surface area (TPSA) is 152 Å². The summed E-state index contributed by atoms with van der Waals surface area (Å²) in [5.41, 5.74) is 5.07. The van der Waals surface area contributed by atoms with E-state index >= 15 is 0 Å². The highest BCUT2D eigenvalue weighted by Crippen LogP contribution is 2.20. The number of amides is 4. The third-order valence-corrected chi connectivity index (χ3v) is 4.53. The number of nitrogens with one attached hydrogen (secondary N) is 4. The van der Waals surface area contributed by atoms with E-state index in [2.05, 4.69) is 21.3 Å². The van der Waals surface area contributed by atoms with Crippen molar-refractivity contribution < 1.29 is 28.3 Å². The van der Waals surface area contributed by atoms with Crippen LogP contribution in [0.3, 0.4) is 0 Å². The van der Waals surface area contributed by atoms with Crippen molar-refractivity contribution >= 4 is 23.6 Å². The van der Waals surface area contributed by atoms with Gasteiger partial charge in [0.15, 0.2) is 0 Å². The van der Waals surface area contributed by atoms with E-state index in [4.69, 9.17) is 10.5 Å². The zero-order valence-corrected chi connectivity index (χ0v) is 17.2. The molecule has 0 spiro atoms. The van der Waals surface area contributed by atoms with Crippen LogP contribution < -0.4 is 31.7 Å². The number of carbonyl (C=O) groups excluding carboxylic acids is 4. The number of primary amides is 1. The minimum atomic E-state index is -1.03. The van der Waals surface area contributed by atoms with E-state index in [9.17, 15) is 23.6 Å². The second-order valence-corrected chi connectivity index (χ2v) is 7.01. The van der Waals surface area contributed by atoms with Crippen LogP contribution in [0, 0.1) is 5.82 Å². The van der Waals surface area contributed by atoms with E-state index in [1.807, 2.05) is 0 Å². The molecule has 31 heavy (non-hydrogen) atoms. The smallest absolute Gasteiger partial charge is 0.255 e. The number of halogens is 1. The lowest BCUT2D eigenvalue weighted by Gasteiger charge is -2.19. The van der Waals surface area contributed by atoms with E-state index in [1.54, 1.807) is 0 Å². The van der Waals surface area contributed by atoms with E-state index in [0.717, 1.165) is 12.1 Å². The van der Waals surface area contributed by atoms with Gasteiger partial charge in [0, 0.05) is 25.9 Å². The summed E-state index contributed by atoms with van der Waals surface area (Å²) in [7, 11) is 0. The molecule has 0 aromatic heterocycles. The van der Waals surface area contributed by atoms with Crippen molar-refractivity contribution in [3.63, 3.8) is 0 Å². The first-order valence-electron chi connectivity index (χ1n) is 10.1. The molecule has 6 N–H and O–H groups in total. The molecule has 0 unspecified atom stereocenters. The minimum Gasteiger partial charge on any atom is -0.491 e. The maximum Gasteiger partial charge on any atom is 0.255 e. The summed E-state index contributed by atoms with van der Waals surface area (Å²) < 4.78 is 19.3. The van der Waals surface area contributed by atoms with Crippen LogP contribution in [-0.4, -0.2) is 62.5 Å². The van der Waals surface area contributed by atoms with Crippen LogP contribution in [0.2, 0.25) is 0 Å². The summed E-state index contributed by atoms with van der Waals surface area (Å²) in [5, 5.41) is 11.0. The van der Waals surface area contributed by atoms with Gasteiger partial charge in [0.05, 0.1) is 12.1 Å².